The zero-order chi connectivity index (χ0) is 12.8. The third-order valence-corrected chi connectivity index (χ3v) is 4.78. The second kappa shape index (κ2) is 6.88. The molecule has 2 N–H and O–H groups in total. The van der Waals surface area contributed by atoms with Gasteiger partial charge in [0.25, 0.3) is 0 Å². The van der Waals surface area contributed by atoms with Gasteiger partial charge in [-0.2, -0.15) is 0 Å². The minimum atomic E-state index is 0.373. The van der Waals surface area contributed by atoms with Crippen molar-refractivity contribution in [2.24, 2.45) is 11.3 Å². The molecule has 106 valence electrons. The Bertz CT molecular complexity index is 239. The highest BCUT2D eigenvalue weighted by Gasteiger charge is 2.36. The average molecular weight is 254 g/mol. The van der Waals surface area contributed by atoms with Crippen molar-refractivity contribution in [3.05, 3.63) is 0 Å². The summed E-state index contributed by atoms with van der Waals surface area (Å²) < 4.78 is 0. The molecule has 18 heavy (non-hydrogen) atoms. The number of nitrogens with zero attached hydrogens (tertiary/aromatic N) is 1. The van der Waals surface area contributed by atoms with Gasteiger partial charge in [-0.1, -0.05) is 19.8 Å². The number of hydrogen-bond acceptors (Lipinski definition) is 3. The number of hydrogen-bond donors (Lipinski definition) is 2. The van der Waals surface area contributed by atoms with Crippen LogP contribution in [-0.4, -0.2) is 49.3 Å². The molecule has 0 aromatic rings. The standard InChI is InChI=1S/C15H30N2O/c1-2-8-16-12-15(6-3-4-7-15)13-17-9-5-14(10-17)11-18/h14,16,18H,2-13H2,1H3. The molecule has 1 aliphatic heterocycles. The Kier molecular flexibility index (Phi) is 5.46. The Morgan fingerprint density at radius 1 is 1.33 bits per heavy atom. The number of aliphatic hydroxyl groups excluding tert-OH is 1. The van der Waals surface area contributed by atoms with Crippen LogP contribution in [0.5, 0.6) is 0 Å². The molecule has 2 aliphatic rings. The molecule has 0 aromatic heterocycles. The summed E-state index contributed by atoms with van der Waals surface area (Å²) in [7, 11) is 0. The second-order valence-electron chi connectivity index (χ2n) is 6.46. The highest BCUT2D eigenvalue weighted by atomic mass is 16.3. The Hall–Kier alpha value is -0.120. The molecule has 0 aromatic carbocycles. The van der Waals surface area contributed by atoms with Crippen LogP contribution in [0, 0.1) is 11.3 Å². The normalized spacial score (nSPS) is 28.0. The molecule has 1 heterocycles. The van der Waals surface area contributed by atoms with Crippen LogP contribution in [0.25, 0.3) is 0 Å². The Labute approximate surface area is 112 Å². The molecule has 0 radical (unpaired) electrons. The van der Waals surface area contributed by atoms with Crippen molar-refractivity contribution < 1.29 is 5.11 Å². The maximum Gasteiger partial charge on any atom is 0.0471 e. The average Bonchev–Trinajstić information content (AvgIpc) is 3.00. The van der Waals surface area contributed by atoms with Gasteiger partial charge in [-0.3, -0.25) is 0 Å². The molecule has 0 spiro atoms. The van der Waals surface area contributed by atoms with Gasteiger partial charge in [0.05, 0.1) is 0 Å². The van der Waals surface area contributed by atoms with Crippen molar-refractivity contribution in [3.63, 3.8) is 0 Å². The molecule has 3 heteroatoms. The van der Waals surface area contributed by atoms with Crippen LogP contribution in [0.3, 0.4) is 0 Å². The molecule has 2 rings (SSSR count). The highest BCUT2D eigenvalue weighted by molar-refractivity contribution is 4.91. The first-order valence-electron chi connectivity index (χ1n) is 7.82. The highest BCUT2D eigenvalue weighted by Crippen LogP contribution is 2.39. The Balaban J connectivity index is 1.82. The van der Waals surface area contributed by atoms with Gasteiger partial charge in [-0.25, -0.2) is 0 Å². The van der Waals surface area contributed by atoms with Gasteiger partial charge in [0.1, 0.15) is 0 Å². The van der Waals surface area contributed by atoms with Crippen LogP contribution >= 0.6 is 0 Å². The van der Waals surface area contributed by atoms with E-state index in [4.69, 9.17) is 0 Å². The molecule has 0 amide bonds. The third kappa shape index (κ3) is 3.69. The van der Waals surface area contributed by atoms with Crippen molar-refractivity contribution >= 4 is 0 Å². The number of rotatable bonds is 7. The van der Waals surface area contributed by atoms with E-state index in [2.05, 4.69) is 17.1 Å². The summed E-state index contributed by atoms with van der Waals surface area (Å²) >= 11 is 0. The van der Waals surface area contributed by atoms with Crippen molar-refractivity contribution in [1.82, 2.24) is 10.2 Å². The van der Waals surface area contributed by atoms with E-state index in [1.807, 2.05) is 0 Å². The van der Waals surface area contributed by atoms with Crippen molar-refractivity contribution in [2.45, 2.75) is 45.4 Å². The molecule has 1 aliphatic carbocycles. The van der Waals surface area contributed by atoms with Gasteiger partial charge in [-0.15, -0.1) is 0 Å². The molecule has 3 nitrogen and oxygen atoms in total. The molecule has 1 unspecified atom stereocenters. The van der Waals surface area contributed by atoms with Crippen molar-refractivity contribution in [2.75, 3.05) is 39.3 Å². The van der Waals surface area contributed by atoms with Crippen LogP contribution in [0.4, 0.5) is 0 Å². The molecular formula is C15H30N2O. The minimum absolute atomic E-state index is 0.373. The molecule has 1 atom stereocenters. The lowest BCUT2D eigenvalue weighted by Gasteiger charge is -2.34. The fourth-order valence-corrected chi connectivity index (χ4v) is 3.73. The van der Waals surface area contributed by atoms with Crippen LogP contribution in [-0.2, 0) is 0 Å². The van der Waals surface area contributed by atoms with Gasteiger partial charge in [0, 0.05) is 26.2 Å². The van der Waals surface area contributed by atoms with Gasteiger partial charge in [-0.05, 0) is 50.1 Å². The first-order valence-corrected chi connectivity index (χ1v) is 7.82. The molecular weight excluding hydrogens is 224 g/mol. The predicted octanol–water partition coefficient (Wildman–Crippen LogP) is 1.86. The van der Waals surface area contributed by atoms with Gasteiger partial charge in [0.15, 0.2) is 0 Å². The third-order valence-electron chi connectivity index (χ3n) is 4.78. The molecule has 1 saturated heterocycles. The van der Waals surface area contributed by atoms with Crippen molar-refractivity contribution in [1.29, 1.82) is 0 Å². The van der Waals surface area contributed by atoms with E-state index in [0.717, 1.165) is 13.1 Å². The Morgan fingerprint density at radius 2 is 2.11 bits per heavy atom. The molecule has 2 fully saturated rings. The van der Waals surface area contributed by atoms with E-state index in [-0.39, 0.29) is 0 Å². The van der Waals surface area contributed by atoms with E-state index in [1.165, 1.54) is 58.2 Å². The quantitative estimate of drug-likeness (QED) is 0.681. The number of nitrogens with one attached hydrogen (secondary N) is 1. The van der Waals surface area contributed by atoms with E-state index < -0.39 is 0 Å². The fourth-order valence-electron chi connectivity index (χ4n) is 3.73. The van der Waals surface area contributed by atoms with E-state index >= 15 is 0 Å². The fraction of sp³-hybridized carbons (Fsp3) is 1.00. The second-order valence-corrected chi connectivity index (χ2v) is 6.46. The number of aliphatic hydroxyl groups is 1. The molecule has 0 bridgehead atoms. The van der Waals surface area contributed by atoms with Crippen LogP contribution < -0.4 is 5.32 Å². The maximum atomic E-state index is 9.24. The van der Waals surface area contributed by atoms with E-state index in [1.54, 1.807) is 0 Å². The first-order chi connectivity index (χ1) is 8.78. The summed E-state index contributed by atoms with van der Waals surface area (Å²) in [5.41, 5.74) is 0.527. The Morgan fingerprint density at radius 3 is 2.72 bits per heavy atom. The van der Waals surface area contributed by atoms with Crippen molar-refractivity contribution in [3.8, 4) is 0 Å². The topological polar surface area (TPSA) is 35.5 Å². The predicted molar refractivity (Wildman–Crippen MR) is 75.7 cm³/mol. The summed E-state index contributed by atoms with van der Waals surface area (Å²) in [6.07, 6.45) is 8.02. The van der Waals surface area contributed by atoms with Crippen LogP contribution in [0.15, 0.2) is 0 Å². The zero-order valence-electron chi connectivity index (χ0n) is 12.0. The summed E-state index contributed by atoms with van der Waals surface area (Å²) in [4.78, 5) is 2.60. The smallest absolute Gasteiger partial charge is 0.0471 e. The lowest BCUT2D eigenvalue weighted by atomic mass is 9.85. The van der Waals surface area contributed by atoms with Gasteiger partial charge < -0.3 is 15.3 Å². The lowest BCUT2D eigenvalue weighted by Crippen LogP contribution is -2.42. The summed E-state index contributed by atoms with van der Waals surface area (Å²) in [5.74, 6) is 0.534. The van der Waals surface area contributed by atoms with Gasteiger partial charge in [0.2, 0.25) is 0 Å². The lowest BCUT2D eigenvalue weighted by molar-refractivity contribution is 0.159. The summed E-state index contributed by atoms with van der Waals surface area (Å²) in [6, 6.07) is 0. The number of likely N-dealkylation sites (tertiary alicyclic amines) is 1. The monoisotopic (exact) mass is 254 g/mol. The summed E-state index contributed by atoms with van der Waals surface area (Å²) in [6.45, 7) is 8.52. The van der Waals surface area contributed by atoms with Crippen LogP contribution in [0.1, 0.15) is 45.4 Å². The van der Waals surface area contributed by atoms with Gasteiger partial charge >= 0.3 is 0 Å². The zero-order valence-corrected chi connectivity index (χ0v) is 12.0. The summed E-state index contributed by atoms with van der Waals surface area (Å²) in [5, 5.41) is 12.9. The van der Waals surface area contributed by atoms with Crippen LogP contribution in [0.2, 0.25) is 0 Å². The van der Waals surface area contributed by atoms with E-state index in [9.17, 15) is 5.11 Å². The largest absolute Gasteiger partial charge is 0.396 e. The first kappa shape index (κ1) is 14.3. The SMILES string of the molecule is CCCNCC1(CN2CCC(CO)C2)CCCC1. The maximum absolute atomic E-state index is 9.24. The van der Waals surface area contributed by atoms with E-state index in [0.29, 0.717) is 17.9 Å². The minimum Gasteiger partial charge on any atom is -0.396 e. The molecule has 1 saturated carbocycles.